The molecule has 1 saturated carbocycles. The van der Waals surface area contributed by atoms with Gasteiger partial charge in [0.2, 0.25) is 11.8 Å². The van der Waals surface area contributed by atoms with Crippen molar-refractivity contribution in [1.82, 2.24) is 5.32 Å². The molecule has 0 spiro atoms. The lowest BCUT2D eigenvalue weighted by Crippen LogP contribution is -2.64. The fourth-order valence-corrected chi connectivity index (χ4v) is 5.47. The number of anilines is 3. The van der Waals surface area contributed by atoms with E-state index >= 15 is 0 Å². The molecule has 1 aliphatic carbocycles. The Morgan fingerprint density at radius 3 is 1.46 bits per heavy atom. The van der Waals surface area contributed by atoms with Crippen molar-refractivity contribution in [1.29, 1.82) is 0 Å². The number of carboxylic acids is 2. The molecule has 9 heteroatoms. The quantitative estimate of drug-likeness (QED) is 0.207. The Morgan fingerprint density at radius 2 is 1.05 bits per heavy atom. The summed E-state index contributed by atoms with van der Waals surface area (Å²) in [7, 11) is 0. The van der Waals surface area contributed by atoms with Gasteiger partial charge < -0.3 is 26.2 Å². The Bertz CT molecular complexity index is 1250. The number of carbonyl (C=O) groups excluding carboxylic acids is 2. The first-order valence-electron chi connectivity index (χ1n) is 14.4. The van der Waals surface area contributed by atoms with Crippen LogP contribution < -0.4 is 16.0 Å². The Labute approximate surface area is 242 Å². The molecule has 0 saturated heterocycles. The van der Waals surface area contributed by atoms with E-state index in [9.17, 15) is 29.4 Å². The summed E-state index contributed by atoms with van der Waals surface area (Å²) in [6.45, 7) is 12.3. The highest BCUT2D eigenvalue weighted by atomic mass is 16.4. The van der Waals surface area contributed by atoms with Crippen LogP contribution in [0.25, 0.3) is 0 Å². The largest absolute Gasteiger partial charge is 0.481 e. The Kier molecular flexibility index (Phi) is 9.84. The molecule has 0 bridgehead atoms. The van der Waals surface area contributed by atoms with Gasteiger partial charge >= 0.3 is 11.9 Å². The molecule has 0 radical (unpaired) electrons. The predicted molar refractivity (Wildman–Crippen MR) is 159 cm³/mol. The van der Waals surface area contributed by atoms with Crippen molar-refractivity contribution >= 4 is 40.8 Å². The highest BCUT2D eigenvalue weighted by molar-refractivity contribution is 6.04. The molecule has 2 aromatic carbocycles. The van der Waals surface area contributed by atoms with E-state index in [1.54, 1.807) is 24.3 Å². The van der Waals surface area contributed by atoms with Crippen LogP contribution in [-0.4, -0.2) is 39.5 Å². The lowest BCUT2D eigenvalue weighted by Gasteiger charge is -2.46. The molecule has 0 heterocycles. The van der Waals surface area contributed by atoms with Crippen LogP contribution in [0.15, 0.2) is 48.5 Å². The standard InChI is InChI=1S/C32H43N3O6/c1-7-31(5,8-2)19-11-13-20(14-12-19)33-21-15-17-22(18-16-21)34-27(36)23-24(26(30(40)41)25(23)29(38)39)28(37)35-32(6,9-3)10-4/h11-18,23-26,33H,7-10H2,1-6H3,(H,34,36)(H,35,37)(H,38,39)(H,40,41). The molecule has 1 fully saturated rings. The zero-order valence-electron chi connectivity index (χ0n) is 24.8. The van der Waals surface area contributed by atoms with Crippen molar-refractivity contribution < 1.29 is 29.4 Å². The number of amides is 2. The van der Waals surface area contributed by atoms with Crippen LogP contribution in [0.3, 0.4) is 0 Å². The minimum absolute atomic E-state index is 0.133. The molecule has 41 heavy (non-hydrogen) atoms. The second-order valence-electron chi connectivity index (χ2n) is 11.6. The van der Waals surface area contributed by atoms with Gasteiger partial charge in [0.05, 0.1) is 23.7 Å². The lowest BCUT2D eigenvalue weighted by molar-refractivity contribution is -0.180. The van der Waals surface area contributed by atoms with Gasteiger partial charge in [0.1, 0.15) is 0 Å². The number of rotatable bonds is 13. The molecule has 5 N–H and O–H groups in total. The number of hydrogen-bond acceptors (Lipinski definition) is 5. The van der Waals surface area contributed by atoms with Crippen molar-refractivity contribution in [3.05, 3.63) is 54.1 Å². The van der Waals surface area contributed by atoms with Gasteiger partial charge in [0.25, 0.3) is 0 Å². The Hall–Kier alpha value is -3.88. The third-order valence-corrected chi connectivity index (χ3v) is 9.29. The molecular weight excluding hydrogens is 522 g/mol. The highest BCUT2D eigenvalue weighted by Gasteiger charge is 2.64. The van der Waals surface area contributed by atoms with Crippen LogP contribution in [0.1, 0.15) is 72.8 Å². The SMILES string of the molecule is CCC(C)(CC)NC(=O)C1C(C(=O)O)C(C(=O)O)C1C(=O)Nc1ccc(Nc2ccc(C(C)(CC)CC)cc2)cc1. The molecule has 2 amide bonds. The smallest absolute Gasteiger partial charge is 0.308 e. The van der Waals surface area contributed by atoms with Gasteiger partial charge in [-0.05, 0) is 80.0 Å². The van der Waals surface area contributed by atoms with Gasteiger partial charge in [0.15, 0.2) is 0 Å². The van der Waals surface area contributed by atoms with Gasteiger partial charge in [-0.1, -0.05) is 46.8 Å². The van der Waals surface area contributed by atoms with Crippen LogP contribution >= 0.6 is 0 Å². The van der Waals surface area contributed by atoms with E-state index < -0.39 is 53.0 Å². The molecule has 4 unspecified atom stereocenters. The molecule has 222 valence electrons. The van der Waals surface area contributed by atoms with Crippen LogP contribution in [0.4, 0.5) is 17.1 Å². The topological polar surface area (TPSA) is 145 Å². The molecule has 0 aliphatic heterocycles. The number of nitrogens with one attached hydrogen (secondary N) is 3. The number of benzene rings is 2. The number of hydrogen-bond donors (Lipinski definition) is 5. The van der Waals surface area contributed by atoms with Crippen LogP contribution in [0.5, 0.6) is 0 Å². The van der Waals surface area contributed by atoms with Gasteiger partial charge in [-0.15, -0.1) is 0 Å². The lowest BCUT2D eigenvalue weighted by atomic mass is 9.55. The first-order valence-corrected chi connectivity index (χ1v) is 14.4. The minimum atomic E-state index is -1.51. The molecule has 2 aromatic rings. The van der Waals surface area contributed by atoms with E-state index in [-0.39, 0.29) is 5.41 Å². The molecule has 4 atom stereocenters. The second kappa shape index (κ2) is 12.7. The summed E-state index contributed by atoms with van der Waals surface area (Å²) < 4.78 is 0. The molecule has 9 nitrogen and oxygen atoms in total. The van der Waals surface area contributed by atoms with Crippen molar-refractivity contribution in [2.24, 2.45) is 23.7 Å². The highest BCUT2D eigenvalue weighted by Crippen LogP contribution is 2.48. The summed E-state index contributed by atoms with van der Waals surface area (Å²) in [6.07, 6.45) is 3.30. The molecular formula is C32H43N3O6. The van der Waals surface area contributed by atoms with Crippen LogP contribution in [0.2, 0.25) is 0 Å². The number of carbonyl (C=O) groups is 4. The Morgan fingerprint density at radius 1 is 0.634 bits per heavy atom. The maximum Gasteiger partial charge on any atom is 0.308 e. The number of aliphatic carboxylic acids is 2. The summed E-state index contributed by atoms with van der Waals surface area (Å²) in [5.41, 5.74) is 2.94. The molecule has 3 rings (SSSR count). The zero-order valence-corrected chi connectivity index (χ0v) is 24.8. The van der Waals surface area contributed by atoms with E-state index in [0.29, 0.717) is 18.5 Å². The van der Waals surface area contributed by atoms with E-state index in [1.165, 1.54) is 5.56 Å². The van der Waals surface area contributed by atoms with E-state index in [2.05, 4.69) is 48.9 Å². The van der Waals surface area contributed by atoms with E-state index in [1.807, 2.05) is 32.9 Å². The normalized spacial score (nSPS) is 20.4. The fourth-order valence-electron chi connectivity index (χ4n) is 5.47. The second-order valence-corrected chi connectivity index (χ2v) is 11.6. The van der Waals surface area contributed by atoms with Crippen LogP contribution in [0, 0.1) is 23.7 Å². The van der Waals surface area contributed by atoms with Crippen molar-refractivity contribution in [3.8, 4) is 0 Å². The van der Waals surface area contributed by atoms with Gasteiger partial charge in [0, 0.05) is 22.6 Å². The average Bonchev–Trinajstić information content (AvgIpc) is 2.93. The molecule has 0 aromatic heterocycles. The van der Waals surface area contributed by atoms with Crippen LogP contribution in [-0.2, 0) is 24.6 Å². The summed E-state index contributed by atoms with van der Waals surface area (Å²) in [5, 5.41) is 28.3. The van der Waals surface area contributed by atoms with Gasteiger partial charge in [-0.2, -0.15) is 0 Å². The predicted octanol–water partition coefficient (Wildman–Crippen LogP) is 5.79. The Balaban J connectivity index is 1.74. The summed E-state index contributed by atoms with van der Waals surface area (Å²) in [4.78, 5) is 50.4. The van der Waals surface area contributed by atoms with Gasteiger partial charge in [-0.25, -0.2) is 0 Å². The summed E-state index contributed by atoms with van der Waals surface area (Å²) in [6, 6.07) is 15.2. The van der Waals surface area contributed by atoms with Crippen molar-refractivity contribution in [2.45, 2.75) is 78.2 Å². The third-order valence-electron chi connectivity index (χ3n) is 9.29. The minimum Gasteiger partial charge on any atom is -0.481 e. The maximum absolute atomic E-state index is 13.3. The maximum atomic E-state index is 13.3. The summed E-state index contributed by atoms with van der Waals surface area (Å²) >= 11 is 0. The number of carboxylic acid groups (broad SMARTS) is 2. The first kappa shape index (κ1) is 31.6. The average molecular weight is 566 g/mol. The van der Waals surface area contributed by atoms with Crippen molar-refractivity contribution in [3.63, 3.8) is 0 Å². The first-order chi connectivity index (χ1) is 19.3. The van der Waals surface area contributed by atoms with E-state index in [0.717, 1.165) is 24.2 Å². The van der Waals surface area contributed by atoms with E-state index in [4.69, 9.17) is 0 Å². The molecule has 1 aliphatic rings. The zero-order chi connectivity index (χ0) is 30.5. The monoisotopic (exact) mass is 565 g/mol. The van der Waals surface area contributed by atoms with Crippen molar-refractivity contribution in [2.75, 3.05) is 10.6 Å². The third kappa shape index (κ3) is 6.72. The summed E-state index contributed by atoms with van der Waals surface area (Å²) in [5.74, 6) is -9.76. The van der Waals surface area contributed by atoms with Gasteiger partial charge in [-0.3, -0.25) is 19.2 Å². The fraction of sp³-hybridized carbons (Fsp3) is 0.500.